The third kappa shape index (κ3) is 7.09. The number of hydrogen-bond acceptors (Lipinski definition) is 4. The van der Waals surface area contributed by atoms with E-state index in [4.69, 9.17) is 0 Å². The summed E-state index contributed by atoms with van der Waals surface area (Å²) >= 11 is 0. The molecule has 0 saturated heterocycles. The third-order valence-electron chi connectivity index (χ3n) is 10.4. The van der Waals surface area contributed by atoms with Gasteiger partial charge in [0, 0.05) is 27.8 Å². The number of benzene rings is 4. The highest BCUT2D eigenvalue weighted by Crippen LogP contribution is 2.49. The van der Waals surface area contributed by atoms with Gasteiger partial charge in [0.05, 0.1) is 0 Å². The number of phenolic OH excluding ortho intramolecular Hbond substituents is 4. The van der Waals surface area contributed by atoms with Crippen LogP contribution in [0.2, 0.25) is 0 Å². The lowest BCUT2D eigenvalue weighted by Crippen LogP contribution is -2.01. The summed E-state index contributed by atoms with van der Waals surface area (Å²) in [6.07, 6.45) is 0. The first-order chi connectivity index (χ1) is 22.1. The first-order valence-corrected chi connectivity index (χ1v) is 17.5. The van der Waals surface area contributed by atoms with Crippen molar-refractivity contribution in [3.8, 4) is 45.3 Å². The Balaban J connectivity index is 0.000000260. The van der Waals surface area contributed by atoms with Crippen molar-refractivity contribution in [2.75, 3.05) is 0 Å². The lowest BCUT2D eigenvalue weighted by molar-refractivity contribution is 0.457. The molecule has 4 aromatic carbocycles. The molecule has 4 heteroatoms. The highest BCUT2D eigenvalue weighted by atomic mass is 16.3. The molecule has 0 aliphatic carbocycles. The Morgan fingerprint density at radius 3 is 0.958 bits per heavy atom. The molecule has 4 nitrogen and oxygen atoms in total. The van der Waals surface area contributed by atoms with E-state index in [0.717, 1.165) is 89.0 Å². The highest BCUT2D eigenvalue weighted by molar-refractivity contribution is 5.85. The van der Waals surface area contributed by atoms with Crippen molar-refractivity contribution in [2.24, 2.45) is 0 Å². The van der Waals surface area contributed by atoms with Crippen molar-refractivity contribution in [1.82, 2.24) is 0 Å². The van der Waals surface area contributed by atoms with Crippen LogP contribution in [0.25, 0.3) is 22.3 Å². The monoisotopic (exact) mass is 652 g/mol. The van der Waals surface area contributed by atoms with Crippen LogP contribution in [0.4, 0.5) is 0 Å². The molecule has 0 aliphatic rings. The molecule has 48 heavy (non-hydrogen) atoms. The van der Waals surface area contributed by atoms with E-state index >= 15 is 0 Å². The maximum Gasteiger partial charge on any atom is 0.127 e. The van der Waals surface area contributed by atoms with Crippen molar-refractivity contribution in [3.63, 3.8) is 0 Å². The fourth-order valence-corrected chi connectivity index (χ4v) is 6.87. The SMILES string of the molecule is Cc1cc(C(C)C)c(O)c(-c2c(C)c(C)cc(C(C)C)c2O)c1C.Cc1cc(C(C)C)c(O)c(-c2cc(C)c(C)c(C(C)C)c2O)c1C. The minimum absolute atomic E-state index is 0.222. The second-order valence-electron chi connectivity index (χ2n) is 15.1. The van der Waals surface area contributed by atoms with Crippen molar-refractivity contribution < 1.29 is 20.4 Å². The summed E-state index contributed by atoms with van der Waals surface area (Å²) in [5, 5.41) is 43.8. The van der Waals surface area contributed by atoms with Gasteiger partial charge in [0.25, 0.3) is 0 Å². The molecule has 0 bridgehead atoms. The molecule has 260 valence electrons. The van der Waals surface area contributed by atoms with Gasteiger partial charge in [-0.15, -0.1) is 0 Å². The lowest BCUT2D eigenvalue weighted by Gasteiger charge is -2.23. The van der Waals surface area contributed by atoms with E-state index in [0.29, 0.717) is 23.0 Å². The quantitative estimate of drug-likeness (QED) is 0.167. The average molecular weight is 653 g/mol. The fourth-order valence-electron chi connectivity index (χ4n) is 6.87. The molecule has 4 aromatic rings. The zero-order valence-electron chi connectivity index (χ0n) is 32.4. The van der Waals surface area contributed by atoms with Gasteiger partial charge in [0.1, 0.15) is 23.0 Å². The molecule has 0 aliphatic heterocycles. The maximum absolute atomic E-state index is 11.0. The predicted octanol–water partition coefficient (Wildman–Crippen LogP) is 12.5. The summed E-state index contributed by atoms with van der Waals surface area (Å²) in [7, 11) is 0. The van der Waals surface area contributed by atoms with Crippen molar-refractivity contribution >= 4 is 0 Å². The Morgan fingerprint density at radius 1 is 0.354 bits per heavy atom. The first kappa shape index (κ1) is 38.5. The molecule has 0 amide bonds. The van der Waals surface area contributed by atoms with Gasteiger partial charge in [-0.05, 0) is 146 Å². The van der Waals surface area contributed by atoms with E-state index in [2.05, 4.69) is 108 Å². The summed E-state index contributed by atoms with van der Waals surface area (Å²) in [6, 6.07) is 8.18. The van der Waals surface area contributed by atoms with E-state index in [1.165, 1.54) is 0 Å². The van der Waals surface area contributed by atoms with E-state index in [9.17, 15) is 20.4 Å². The van der Waals surface area contributed by atoms with Gasteiger partial charge in [-0.2, -0.15) is 0 Å². The van der Waals surface area contributed by atoms with Crippen molar-refractivity contribution in [3.05, 3.63) is 91.0 Å². The van der Waals surface area contributed by atoms with E-state index in [1.807, 2.05) is 26.8 Å². The Labute approximate surface area is 290 Å². The van der Waals surface area contributed by atoms with Gasteiger partial charge in [0.15, 0.2) is 0 Å². The molecule has 0 fully saturated rings. The van der Waals surface area contributed by atoms with E-state index < -0.39 is 0 Å². The smallest absolute Gasteiger partial charge is 0.127 e. The number of hydrogen-bond donors (Lipinski definition) is 4. The Morgan fingerprint density at radius 2 is 0.646 bits per heavy atom. The molecular formula is C44H60O4. The van der Waals surface area contributed by atoms with Crippen LogP contribution in [-0.4, -0.2) is 20.4 Å². The van der Waals surface area contributed by atoms with Crippen LogP contribution < -0.4 is 0 Å². The number of aromatic hydroxyl groups is 4. The van der Waals surface area contributed by atoms with Crippen LogP contribution in [0.3, 0.4) is 0 Å². The Bertz CT molecular complexity index is 1770. The van der Waals surface area contributed by atoms with Crippen LogP contribution >= 0.6 is 0 Å². The molecule has 0 atom stereocenters. The van der Waals surface area contributed by atoms with Crippen LogP contribution in [0, 0.1) is 55.4 Å². The van der Waals surface area contributed by atoms with Gasteiger partial charge < -0.3 is 20.4 Å². The maximum atomic E-state index is 11.0. The van der Waals surface area contributed by atoms with Crippen molar-refractivity contribution in [1.29, 1.82) is 0 Å². The molecular weight excluding hydrogens is 592 g/mol. The van der Waals surface area contributed by atoms with Gasteiger partial charge in [-0.3, -0.25) is 0 Å². The molecule has 4 N–H and O–H groups in total. The third-order valence-corrected chi connectivity index (χ3v) is 10.4. The molecule has 0 aromatic heterocycles. The number of aryl methyl sites for hydroxylation is 4. The van der Waals surface area contributed by atoms with E-state index in [-0.39, 0.29) is 23.7 Å². The minimum atomic E-state index is 0.222. The summed E-state index contributed by atoms with van der Waals surface area (Å²) in [4.78, 5) is 0. The molecule has 0 radical (unpaired) electrons. The second-order valence-corrected chi connectivity index (χ2v) is 15.1. The van der Waals surface area contributed by atoms with Gasteiger partial charge in [-0.1, -0.05) is 73.6 Å². The number of phenols is 4. The minimum Gasteiger partial charge on any atom is -0.507 e. The predicted molar refractivity (Wildman–Crippen MR) is 205 cm³/mol. The van der Waals surface area contributed by atoms with Gasteiger partial charge in [-0.25, -0.2) is 0 Å². The Kier molecular flexibility index (Phi) is 11.8. The second kappa shape index (κ2) is 14.7. The largest absolute Gasteiger partial charge is 0.507 e. The zero-order valence-corrected chi connectivity index (χ0v) is 32.4. The molecule has 0 saturated carbocycles. The van der Waals surface area contributed by atoms with Gasteiger partial charge in [0.2, 0.25) is 0 Å². The van der Waals surface area contributed by atoms with Crippen LogP contribution in [-0.2, 0) is 0 Å². The molecule has 4 rings (SSSR count). The summed E-state index contributed by atoms with van der Waals surface area (Å²) in [5.74, 6) is 2.08. The molecule has 0 unspecified atom stereocenters. The van der Waals surface area contributed by atoms with Gasteiger partial charge >= 0.3 is 0 Å². The number of rotatable bonds is 6. The summed E-state index contributed by atoms with van der Waals surface area (Å²) < 4.78 is 0. The average Bonchev–Trinajstić information content (AvgIpc) is 2.98. The Hall–Kier alpha value is -3.92. The molecule has 0 heterocycles. The topological polar surface area (TPSA) is 80.9 Å². The fraction of sp³-hybridized carbons (Fsp3) is 0.455. The first-order valence-electron chi connectivity index (χ1n) is 17.5. The van der Waals surface area contributed by atoms with Crippen LogP contribution in [0.15, 0.2) is 24.3 Å². The van der Waals surface area contributed by atoms with Crippen molar-refractivity contribution in [2.45, 2.75) is 134 Å². The summed E-state index contributed by atoms with van der Waals surface area (Å²) in [5.41, 5.74) is 15.6. The lowest BCUT2D eigenvalue weighted by atomic mass is 9.84. The highest BCUT2D eigenvalue weighted by Gasteiger charge is 2.25. The van der Waals surface area contributed by atoms with Crippen LogP contribution in [0.5, 0.6) is 23.0 Å². The standard InChI is InChI=1S/2C22H30O2/c1-11(2)17-9-13(5)16(8)20(21(17)23)18-10-14(6)15(7)19(12(3)4)22(18)24;1-11(2)17-9-13(5)15(7)19(21(17)23)20-16(8)14(6)10-18(12(3)4)22(20)24/h2*9-12,23-24H,1-8H3. The molecule has 0 spiro atoms. The van der Waals surface area contributed by atoms with Crippen LogP contribution in [0.1, 0.15) is 146 Å². The normalized spacial score (nSPS) is 11.6. The zero-order chi connectivity index (χ0) is 36.7. The van der Waals surface area contributed by atoms with E-state index in [1.54, 1.807) is 0 Å². The summed E-state index contributed by atoms with van der Waals surface area (Å²) in [6.45, 7) is 33.0.